The topological polar surface area (TPSA) is 41.5 Å². The molecule has 2 aromatic carbocycles. The van der Waals surface area contributed by atoms with Crippen molar-refractivity contribution in [2.24, 2.45) is 5.10 Å². The zero-order chi connectivity index (χ0) is 15.9. The molecule has 1 N–H and O–H groups in total. The second kappa shape index (κ2) is 7.96. The summed E-state index contributed by atoms with van der Waals surface area (Å²) in [6.45, 7) is 1.77. The van der Waals surface area contributed by atoms with Crippen LogP contribution in [0.25, 0.3) is 0 Å². The molecule has 0 aliphatic rings. The van der Waals surface area contributed by atoms with Gasteiger partial charge in [-0.15, -0.1) is 11.8 Å². The number of benzene rings is 2. The lowest BCUT2D eigenvalue weighted by Gasteiger charge is -2.09. The third kappa shape index (κ3) is 4.86. The van der Waals surface area contributed by atoms with E-state index >= 15 is 0 Å². The van der Waals surface area contributed by atoms with Crippen LogP contribution < -0.4 is 5.43 Å². The monoisotopic (exact) mass is 336 g/mol. The van der Waals surface area contributed by atoms with Gasteiger partial charge >= 0.3 is 0 Å². The van der Waals surface area contributed by atoms with Crippen LogP contribution in [0.3, 0.4) is 0 Å². The highest BCUT2D eigenvalue weighted by Gasteiger charge is 2.13. The van der Waals surface area contributed by atoms with Crippen LogP contribution in [0, 0.1) is 5.82 Å². The van der Waals surface area contributed by atoms with E-state index in [2.05, 4.69) is 10.5 Å². The quantitative estimate of drug-likeness (QED) is 0.507. The lowest BCUT2D eigenvalue weighted by Crippen LogP contribution is -2.26. The van der Waals surface area contributed by atoms with Crippen molar-refractivity contribution in [2.45, 2.75) is 17.1 Å². The molecule has 0 saturated carbocycles. The largest absolute Gasteiger partial charge is 0.272 e. The molecule has 2 rings (SSSR count). The Morgan fingerprint density at radius 1 is 1.27 bits per heavy atom. The van der Waals surface area contributed by atoms with Crippen LogP contribution >= 0.6 is 23.4 Å². The molecule has 114 valence electrons. The molecule has 3 nitrogen and oxygen atoms in total. The van der Waals surface area contributed by atoms with Crippen molar-refractivity contribution in [3.05, 3.63) is 64.9 Å². The summed E-state index contributed by atoms with van der Waals surface area (Å²) in [5.41, 5.74) is 2.73. The van der Waals surface area contributed by atoms with E-state index in [-0.39, 0.29) is 17.0 Å². The molecule has 0 aromatic heterocycles. The van der Waals surface area contributed by atoms with Crippen LogP contribution in [0.15, 0.2) is 58.5 Å². The summed E-state index contributed by atoms with van der Waals surface area (Å²) in [6.07, 6.45) is 1.28. The molecule has 0 aliphatic heterocycles. The van der Waals surface area contributed by atoms with Gasteiger partial charge in [0.2, 0.25) is 0 Å². The fraction of sp³-hybridized carbons (Fsp3) is 0.125. The highest BCUT2D eigenvalue weighted by atomic mass is 35.5. The Hall–Kier alpha value is -1.85. The number of amides is 1. The minimum atomic E-state index is -0.385. The van der Waals surface area contributed by atoms with Gasteiger partial charge in [-0.3, -0.25) is 4.79 Å². The molecule has 0 bridgehead atoms. The van der Waals surface area contributed by atoms with E-state index in [0.29, 0.717) is 10.6 Å². The van der Waals surface area contributed by atoms with Crippen LogP contribution in [-0.2, 0) is 4.79 Å². The van der Waals surface area contributed by atoms with E-state index < -0.39 is 0 Å². The number of rotatable bonds is 5. The predicted octanol–water partition coefficient (Wildman–Crippen LogP) is 4.11. The van der Waals surface area contributed by atoms with Gasteiger partial charge in [-0.2, -0.15) is 5.10 Å². The molecule has 0 heterocycles. The van der Waals surface area contributed by atoms with Gasteiger partial charge in [-0.1, -0.05) is 29.8 Å². The second-order valence-corrected chi connectivity index (χ2v) is 6.32. The maximum Gasteiger partial charge on any atom is 0.253 e. The molecule has 0 fully saturated rings. The van der Waals surface area contributed by atoms with E-state index in [1.54, 1.807) is 37.3 Å². The van der Waals surface area contributed by atoms with Gasteiger partial charge in [0, 0.05) is 15.5 Å². The Kier molecular flexibility index (Phi) is 5.98. The first kappa shape index (κ1) is 16.5. The molecule has 0 saturated heterocycles. The molecule has 22 heavy (non-hydrogen) atoms. The Morgan fingerprint density at radius 3 is 2.64 bits per heavy atom. The van der Waals surface area contributed by atoms with E-state index in [4.69, 9.17) is 11.6 Å². The molecule has 0 radical (unpaired) electrons. The first-order chi connectivity index (χ1) is 10.6. The van der Waals surface area contributed by atoms with Crippen LogP contribution in [0.1, 0.15) is 12.5 Å². The number of hydrazone groups is 1. The smallest absolute Gasteiger partial charge is 0.253 e. The van der Waals surface area contributed by atoms with Gasteiger partial charge in [0.25, 0.3) is 5.91 Å². The number of nitrogens with one attached hydrogen (secondary N) is 1. The highest BCUT2D eigenvalue weighted by Crippen LogP contribution is 2.24. The lowest BCUT2D eigenvalue weighted by atomic mass is 10.2. The van der Waals surface area contributed by atoms with E-state index in [0.717, 1.165) is 4.90 Å². The van der Waals surface area contributed by atoms with E-state index in [1.807, 2.05) is 12.1 Å². The number of halogens is 2. The summed E-state index contributed by atoms with van der Waals surface area (Å²) in [6, 6.07) is 13.4. The van der Waals surface area contributed by atoms with E-state index in [1.165, 1.54) is 24.0 Å². The molecule has 1 amide bonds. The standard InChI is InChI=1S/C16H14ClFN2OS/c1-11(22-14-8-6-13(17)7-9-14)16(21)20-19-10-12-4-2-3-5-15(12)18/h2-11H,1H3,(H,20,21)/b19-10-/t11-/m1/s1. The fourth-order valence-corrected chi connectivity index (χ4v) is 2.59. The van der Waals surface area contributed by atoms with Crippen LogP contribution in [0.4, 0.5) is 4.39 Å². The number of thioether (sulfide) groups is 1. The maximum atomic E-state index is 13.4. The SMILES string of the molecule is C[C@@H](Sc1ccc(Cl)cc1)C(=O)N/N=C\c1ccccc1F. The number of nitrogens with zero attached hydrogens (tertiary/aromatic N) is 1. The Balaban J connectivity index is 1.89. The summed E-state index contributed by atoms with van der Waals surface area (Å²) < 4.78 is 13.4. The summed E-state index contributed by atoms with van der Waals surface area (Å²) in [7, 11) is 0. The van der Waals surface area contributed by atoms with Crippen molar-refractivity contribution in [2.75, 3.05) is 0 Å². The molecule has 2 aromatic rings. The average Bonchev–Trinajstić information content (AvgIpc) is 2.51. The van der Waals surface area contributed by atoms with Crippen LogP contribution in [-0.4, -0.2) is 17.4 Å². The Labute approximate surface area is 137 Å². The number of hydrogen-bond acceptors (Lipinski definition) is 3. The zero-order valence-electron chi connectivity index (χ0n) is 11.8. The van der Waals surface area contributed by atoms with Gasteiger partial charge in [-0.25, -0.2) is 9.82 Å². The molecule has 0 aliphatic carbocycles. The maximum absolute atomic E-state index is 13.4. The molecule has 0 spiro atoms. The van der Waals surface area contributed by atoms with Crippen molar-refractivity contribution >= 4 is 35.5 Å². The minimum absolute atomic E-state index is 0.257. The van der Waals surface area contributed by atoms with Crippen LogP contribution in [0.5, 0.6) is 0 Å². The average molecular weight is 337 g/mol. The molecule has 6 heteroatoms. The lowest BCUT2D eigenvalue weighted by molar-refractivity contribution is -0.120. The summed E-state index contributed by atoms with van der Waals surface area (Å²) in [4.78, 5) is 12.9. The summed E-state index contributed by atoms with van der Waals surface area (Å²) in [5.74, 6) is -0.642. The minimum Gasteiger partial charge on any atom is -0.272 e. The van der Waals surface area contributed by atoms with Crippen molar-refractivity contribution in [1.29, 1.82) is 0 Å². The predicted molar refractivity (Wildman–Crippen MR) is 88.9 cm³/mol. The second-order valence-electron chi connectivity index (χ2n) is 4.47. The molecule has 0 unspecified atom stereocenters. The van der Waals surface area contributed by atoms with Gasteiger partial charge in [-0.05, 0) is 37.3 Å². The van der Waals surface area contributed by atoms with Crippen LogP contribution in [0.2, 0.25) is 5.02 Å². The van der Waals surface area contributed by atoms with Crippen molar-refractivity contribution in [3.8, 4) is 0 Å². The Morgan fingerprint density at radius 2 is 1.95 bits per heavy atom. The van der Waals surface area contributed by atoms with Gasteiger partial charge in [0.05, 0.1) is 11.5 Å². The van der Waals surface area contributed by atoms with Crippen molar-refractivity contribution in [1.82, 2.24) is 5.43 Å². The van der Waals surface area contributed by atoms with Crippen molar-refractivity contribution in [3.63, 3.8) is 0 Å². The summed E-state index contributed by atoms with van der Waals surface area (Å²) in [5, 5.41) is 4.09. The van der Waals surface area contributed by atoms with Crippen molar-refractivity contribution < 1.29 is 9.18 Å². The fourth-order valence-electron chi connectivity index (χ4n) is 1.61. The highest BCUT2D eigenvalue weighted by molar-refractivity contribution is 8.00. The number of carbonyl (C=O) groups excluding carboxylic acids is 1. The third-order valence-electron chi connectivity index (χ3n) is 2.78. The van der Waals surface area contributed by atoms with Gasteiger partial charge in [0.1, 0.15) is 5.82 Å². The normalized spacial score (nSPS) is 12.3. The third-order valence-corrected chi connectivity index (χ3v) is 4.14. The first-order valence-electron chi connectivity index (χ1n) is 6.56. The van der Waals surface area contributed by atoms with Gasteiger partial charge in [0.15, 0.2) is 0 Å². The molecular formula is C16H14ClFN2OS. The zero-order valence-corrected chi connectivity index (χ0v) is 13.4. The number of hydrogen-bond donors (Lipinski definition) is 1. The molecular weight excluding hydrogens is 323 g/mol. The van der Waals surface area contributed by atoms with Gasteiger partial charge < -0.3 is 0 Å². The van der Waals surface area contributed by atoms with E-state index in [9.17, 15) is 9.18 Å². The summed E-state index contributed by atoms with van der Waals surface area (Å²) >= 11 is 7.20. The molecule has 1 atom stereocenters. The number of carbonyl (C=O) groups is 1. The Bertz CT molecular complexity index is 676. The first-order valence-corrected chi connectivity index (χ1v) is 7.81.